The third-order valence-corrected chi connectivity index (χ3v) is 4.55. The van der Waals surface area contributed by atoms with Gasteiger partial charge < -0.3 is 4.74 Å². The first-order valence-corrected chi connectivity index (χ1v) is 8.07. The number of nitrogens with zero attached hydrogens (tertiary/aromatic N) is 1. The summed E-state index contributed by atoms with van der Waals surface area (Å²) in [7, 11) is 0. The molecule has 1 aliphatic carbocycles. The van der Waals surface area contributed by atoms with Crippen molar-refractivity contribution in [2.24, 2.45) is 0 Å². The number of hydrogen-bond donors (Lipinski definition) is 0. The molecule has 0 fully saturated rings. The van der Waals surface area contributed by atoms with Gasteiger partial charge >= 0.3 is 0 Å². The van der Waals surface area contributed by atoms with Gasteiger partial charge in [-0.05, 0) is 61.1 Å². The quantitative estimate of drug-likeness (QED) is 0.636. The molecule has 0 radical (unpaired) electrons. The normalized spacial score (nSPS) is 13.3. The van der Waals surface area contributed by atoms with E-state index in [2.05, 4.69) is 24.3 Å². The van der Waals surface area contributed by atoms with E-state index in [-0.39, 0.29) is 0 Å². The molecule has 0 aliphatic heterocycles. The second kappa shape index (κ2) is 5.78. The van der Waals surface area contributed by atoms with Gasteiger partial charge in [0.25, 0.3) is 0 Å². The predicted molar refractivity (Wildman–Crippen MR) is 91.8 cm³/mol. The van der Waals surface area contributed by atoms with Crippen LogP contribution in [0.1, 0.15) is 29.5 Å². The van der Waals surface area contributed by atoms with E-state index in [4.69, 9.17) is 4.74 Å². The van der Waals surface area contributed by atoms with Crippen molar-refractivity contribution in [3.63, 3.8) is 0 Å². The Bertz CT molecular complexity index is 921. The number of ether oxygens (including phenoxy) is 1. The Balaban J connectivity index is 1.75. The maximum atomic E-state index is 9.26. The van der Waals surface area contributed by atoms with Crippen molar-refractivity contribution in [1.29, 1.82) is 5.26 Å². The van der Waals surface area contributed by atoms with E-state index in [1.165, 1.54) is 30.4 Å². The summed E-state index contributed by atoms with van der Waals surface area (Å²) >= 11 is 0. The molecular formula is C21H17NO. The fourth-order valence-electron chi connectivity index (χ4n) is 3.36. The van der Waals surface area contributed by atoms with Crippen molar-refractivity contribution in [3.05, 3.63) is 71.3 Å². The van der Waals surface area contributed by atoms with E-state index in [1.807, 2.05) is 36.4 Å². The predicted octanol–water partition coefficient (Wildman–Crippen LogP) is 5.38. The molecule has 3 aromatic rings. The number of fused-ring (bicyclic) bond motifs is 2. The third-order valence-electron chi connectivity index (χ3n) is 4.55. The van der Waals surface area contributed by atoms with Crippen LogP contribution in [-0.4, -0.2) is 0 Å². The first kappa shape index (κ1) is 13.8. The lowest BCUT2D eigenvalue weighted by Crippen LogP contribution is -2.02. The lowest BCUT2D eigenvalue weighted by atomic mass is 9.92. The summed E-state index contributed by atoms with van der Waals surface area (Å²) in [6.07, 6.45) is 4.86. The van der Waals surface area contributed by atoms with Gasteiger partial charge in [-0.25, -0.2) is 0 Å². The Morgan fingerprint density at radius 2 is 1.61 bits per heavy atom. The second-order valence-corrected chi connectivity index (χ2v) is 6.01. The first-order valence-electron chi connectivity index (χ1n) is 8.07. The lowest BCUT2D eigenvalue weighted by molar-refractivity contribution is 0.486. The minimum Gasteiger partial charge on any atom is -0.457 e. The molecule has 0 atom stereocenters. The molecule has 1 aliphatic rings. The molecule has 0 saturated carbocycles. The SMILES string of the molecule is N#Cc1ccc(Oc2ccc3c(c2)CCCC3)c2ccccc12. The summed E-state index contributed by atoms with van der Waals surface area (Å²) in [4.78, 5) is 0. The molecule has 2 nitrogen and oxygen atoms in total. The minimum absolute atomic E-state index is 0.679. The Hall–Kier alpha value is -2.79. The molecule has 0 spiro atoms. The fraction of sp³-hybridized carbons (Fsp3) is 0.190. The van der Waals surface area contributed by atoms with Crippen LogP contribution in [-0.2, 0) is 12.8 Å². The number of aryl methyl sites for hydroxylation is 2. The van der Waals surface area contributed by atoms with Crippen molar-refractivity contribution in [2.75, 3.05) is 0 Å². The van der Waals surface area contributed by atoms with Crippen LogP contribution in [0.15, 0.2) is 54.6 Å². The first-order chi connectivity index (χ1) is 11.3. The van der Waals surface area contributed by atoms with Crippen LogP contribution in [0.25, 0.3) is 10.8 Å². The zero-order valence-electron chi connectivity index (χ0n) is 12.9. The van der Waals surface area contributed by atoms with Gasteiger partial charge in [-0.15, -0.1) is 0 Å². The standard InChI is InChI=1S/C21H17NO/c22-14-17-10-12-21(20-8-4-3-7-19(17)20)23-18-11-9-15-5-1-2-6-16(15)13-18/h3-4,7-13H,1-2,5-6H2. The van der Waals surface area contributed by atoms with Crippen molar-refractivity contribution in [3.8, 4) is 17.6 Å². The monoisotopic (exact) mass is 299 g/mol. The molecule has 0 N–H and O–H groups in total. The smallest absolute Gasteiger partial charge is 0.135 e. The summed E-state index contributed by atoms with van der Waals surface area (Å²) in [5, 5.41) is 11.2. The van der Waals surface area contributed by atoms with Crippen LogP contribution in [0.4, 0.5) is 0 Å². The van der Waals surface area contributed by atoms with Gasteiger partial charge in [-0.3, -0.25) is 0 Å². The minimum atomic E-state index is 0.679. The van der Waals surface area contributed by atoms with Crippen LogP contribution < -0.4 is 4.74 Å². The Morgan fingerprint density at radius 1 is 0.826 bits per heavy atom. The summed E-state index contributed by atoms with van der Waals surface area (Å²) in [5.41, 5.74) is 3.54. The van der Waals surface area contributed by atoms with E-state index in [0.717, 1.165) is 28.7 Å². The molecule has 0 bridgehead atoms. The Labute approximate surface area is 135 Å². The molecule has 0 heterocycles. The van der Waals surface area contributed by atoms with Gasteiger partial charge in [0.05, 0.1) is 11.6 Å². The molecule has 0 unspecified atom stereocenters. The van der Waals surface area contributed by atoms with E-state index >= 15 is 0 Å². The van der Waals surface area contributed by atoms with Gasteiger partial charge in [0.2, 0.25) is 0 Å². The van der Waals surface area contributed by atoms with Gasteiger partial charge in [-0.1, -0.05) is 30.3 Å². The highest BCUT2D eigenvalue weighted by Gasteiger charge is 2.12. The van der Waals surface area contributed by atoms with Crippen LogP contribution in [0.2, 0.25) is 0 Å². The highest BCUT2D eigenvalue weighted by Crippen LogP contribution is 2.33. The zero-order chi connectivity index (χ0) is 15.6. The average Bonchev–Trinajstić information content (AvgIpc) is 2.62. The topological polar surface area (TPSA) is 33.0 Å². The fourth-order valence-corrected chi connectivity index (χ4v) is 3.36. The van der Waals surface area contributed by atoms with Crippen molar-refractivity contribution in [1.82, 2.24) is 0 Å². The number of rotatable bonds is 2. The molecule has 0 amide bonds. The maximum absolute atomic E-state index is 9.26. The maximum Gasteiger partial charge on any atom is 0.135 e. The molecule has 0 aromatic heterocycles. The third kappa shape index (κ3) is 2.55. The highest BCUT2D eigenvalue weighted by atomic mass is 16.5. The van der Waals surface area contributed by atoms with E-state index in [9.17, 15) is 5.26 Å². The summed E-state index contributed by atoms with van der Waals surface area (Å²) in [6.45, 7) is 0. The summed E-state index contributed by atoms with van der Waals surface area (Å²) in [6, 6.07) is 20.3. The number of benzene rings is 3. The number of nitriles is 1. The molecule has 23 heavy (non-hydrogen) atoms. The summed E-state index contributed by atoms with van der Waals surface area (Å²) < 4.78 is 6.15. The molecule has 2 heteroatoms. The van der Waals surface area contributed by atoms with E-state index < -0.39 is 0 Å². The largest absolute Gasteiger partial charge is 0.457 e. The van der Waals surface area contributed by atoms with Crippen LogP contribution in [0.5, 0.6) is 11.5 Å². The lowest BCUT2D eigenvalue weighted by Gasteiger charge is -2.17. The van der Waals surface area contributed by atoms with Gasteiger partial charge in [-0.2, -0.15) is 5.26 Å². The van der Waals surface area contributed by atoms with Gasteiger partial charge in [0, 0.05) is 10.8 Å². The van der Waals surface area contributed by atoms with Crippen molar-refractivity contribution in [2.45, 2.75) is 25.7 Å². The van der Waals surface area contributed by atoms with E-state index in [1.54, 1.807) is 0 Å². The van der Waals surface area contributed by atoms with Gasteiger partial charge in [0.15, 0.2) is 0 Å². The van der Waals surface area contributed by atoms with E-state index in [0.29, 0.717) is 5.56 Å². The van der Waals surface area contributed by atoms with Crippen molar-refractivity contribution < 1.29 is 4.74 Å². The Kier molecular flexibility index (Phi) is 3.48. The molecule has 4 rings (SSSR count). The van der Waals surface area contributed by atoms with Gasteiger partial charge in [0.1, 0.15) is 11.5 Å². The molecule has 112 valence electrons. The zero-order valence-corrected chi connectivity index (χ0v) is 12.9. The average molecular weight is 299 g/mol. The highest BCUT2D eigenvalue weighted by molar-refractivity contribution is 5.92. The van der Waals surface area contributed by atoms with Crippen LogP contribution in [0.3, 0.4) is 0 Å². The number of hydrogen-bond acceptors (Lipinski definition) is 2. The van der Waals surface area contributed by atoms with Crippen LogP contribution in [0, 0.1) is 11.3 Å². The second-order valence-electron chi connectivity index (χ2n) is 6.01. The molecule has 3 aromatic carbocycles. The van der Waals surface area contributed by atoms with Crippen LogP contribution >= 0.6 is 0 Å². The Morgan fingerprint density at radius 3 is 2.43 bits per heavy atom. The van der Waals surface area contributed by atoms with Crippen molar-refractivity contribution >= 4 is 10.8 Å². The summed E-state index contributed by atoms with van der Waals surface area (Å²) in [5.74, 6) is 1.68. The molecular weight excluding hydrogens is 282 g/mol. The molecule has 0 saturated heterocycles.